The number of carbonyl (C=O) groups is 3. The van der Waals surface area contributed by atoms with Crippen LogP contribution in [0.3, 0.4) is 0 Å². The molecule has 3 N–H and O–H groups in total. The smallest absolute Gasteiger partial charge is 0.225 e. The van der Waals surface area contributed by atoms with Crippen molar-refractivity contribution >= 4 is 62.2 Å². The molecule has 2 aliphatic rings. The van der Waals surface area contributed by atoms with E-state index in [4.69, 9.17) is 4.98 Å². The highest BCUT2D eigenvalue weighted by atomic mass is 16.2. The Kier molecular flexibility index (Phi) is 9.14. The number of Topliss-reactive ketones (excluding diaryl/α,β-unsaturated/α-hetero) is 1. The number of hydrogen-bond acceptors (Lipinski definition) is 7. The van der Waals surface area contributed by atoms with Gasteiger partial charge >= 0.3 is 0 Å². The van der Waals surface area contributed by atoms with Crippen molar-refractivity contribution in [3.05, 3.63) is 66.2 Å². The van der Waals surface area contributed by atoms with Crippen molar-refractivity contribution in [3.8, 4) is 0 Å². The van der Waals surface area contributed by atoms with Crippen molar-refractivity contribution in [2.75, 3.05) is 55.2 Å². The lowest BCUT2D eigenvalue weighted by Crippen LogP contribution is -2.25. The first-order chi connectivity index (χ1) is 21.4. The summed E-state index contributed by atoms with van der Waals surface area (Å²) in [6.45, 7) is 7.35. The molecule has 228 valence electrons. The van der Waals surface area contributed by atoms with Crippen molar-refractivity contribution in [2.24, 2.45) is 0 Å². The maximum absolute atomic E-state index is 12.7. The minimum atomic E-state index is -0.0140. The van der Waals surface area contributed by atoms with Crippen LogP contribution in [-0.2, 0) is 9.59 Å². The normalized spacial score (nSPS) is 15.6. The number of nitrogens with zero attached hydrogens (tertiary/aromatic N) is 3. The molecule has 3 heterocycles. The third-order valence-corrected chi connectivity index (χ3v) is 8.61. The molecule has 0 radical (unpaired) electrons. The Balaban J connectivity index is 1.27. The Hall–Kier alpha value is -4.34. The molecule has 0 atom stereocenters. The zero-order valence-corrected chi connectivity index (χ0v) is 25.3. The summed E-state index contributed by atoms with van der Waals surface area (Å²) in [5.74, 6) is -0.0128. The highest BCUT2D eigenvalue weighted by molar-refractivity contribution is 6.11. The van der Waals surface area contributed by atoms with E-state index in [1.807, 2.05) is 60.7 Å². The molecule has 0 spiro atoms. The van der Waals surface area contributed by atoms with Crippen LogP contribution in [0.2, 0.25) is 0 Å². The van der Waals surface area contributed by atoms with Gasteiger partial charge in [0.15, 0.2) is 5.78 Å². The standard InChI is InChI=1S/C35H40N6O3/c1-24(42)25-6-8-26(9-7-25)38-35-29-12-10-27(36-33(43)14-20-40-16-2-3-17-40)22-31(29)39-32-23-28(11-13-30(32)35)37-34(44)15-21-41-18-4-5-19-41/h6-13,22-23H,2-5,14-21H2,1H3,(H,36,43)(H,37,44)(H,38,39). The molecule has 4 aromatic rings. The van der Waals surface area contributed by atoms with Crippen molar-refractivity contribution in [2.45, 2.75) is 45.4 Å². The van der Waals surface area contributed by atoms with Crippen molar-refractivity contribution in [1.82, 2.24) is 14.8 Å². The molecule has 1 aromatic heterocycles. The van der Waals surface area contributed by atoms with Crippen LogP contribution >= 0.6 is 0 Å². The predicted molar refractivity (Wildman–Crippen MR) is 177 cm³/mol. The maximum Gasteiger partial charge on any atom is 0.225 e. The van der Waals surface area contributed by atoms with Gasteiger partial charge in [0.25, 0.3) is 0 Å². The Morgan fingerprint density at radius 1 is 0.659 bits per heavy atom. The third-order valence-electron chi connectivity index (χ3n) is 8.61. The van der Waals surface area contributed by atoms with E-state index < -0.39 is 0 Å². The van der Waals surface area contributed by atoms with E-state index in [0.29, 0.717) is 29.8 Å². The lowest BCUT2D eigenvalue weighted by Gasteiger charge is -2.16. The van der Waals surface area contributed by atoms with Crippen molar-refractivity contribution < 1.29 is 14.4 Å². The summed E-state index contributed by atoms with van der Waals surface area (Å²) in [6, 6.07) is 18.9. The van der Waals surface area contributed by atoms with Crippen molar-refractivity contribution in [3.63, 3.8) is 0 Å². The fraction of sp³-hybridized carbons (Fsp3) is 0.371. The second-order valence-electron chi connectivity index (χ2n) is 11.9. The van der Waals surface area contributed by atoms with Crippen LogP contribution < -0.4 is 16.0 Å². The van der Waals surface area contributed by atoms with Gasteiger partial charge in [-0.2, -0.15) is 0 Å². The molecule has 3 aromatic carbocycles. The summed E-state index contributed by atoms with van der Waals surface area (Å²) in [5, 5.41) is 11.4. The number of rotatable bonds is 11. The maximum atomic E-state index is 12.7. The number of benzene rings is 3. The van der Waals surface area contributed by atoms with Gasteiger partial charge in [-0.15, -0.1) is 0 Å². The largest absolute Gasteiger partial charge is 0.354 e. The molecule has 0 unspecified atom stereocenters. The number of likely N-dealkylation sites (tertiary alicyclic amines) is 2. The molecular weight excluding hydrogens is 552 g/mol. The van der Waals surface area contributed by atoms with Gasteiger partial charge in [-0.1, -0.05) is 0 Å². The molecule has 0 bridgehead atoms. The molecule has 2 amide bonds. The first-order valence-electron chi connectivity index (χ1n) is 15.7. The molecular formula is C35H40N6O3. The Morgan fingerprint density at radius 3 is 1.57 bits per heavy atom. The highest BCUT2D eigenvalue weighted by Crippen LogP contribution is 2.35. The van der Waals surface area contributed by atoms with E-state index >= 15 is 0 Å². The summed E-state index contributed by atoms with van der Waals surface area (Å²) < 4.78 is 0. The Morgan fingerprint density at radius 2 is 1.11 bits per heavy atom. The molecule has 2 fully saturated rings. The van der Waals surface area contributed by atoms with E-state index in [2.05, 4.69) is 25.8 Å². The number of aromatic nitrogens is 1. The van der Waals surface area contributed by atoms with Crippen LogP contribution in [-0.4, -0.2) is 71.6 Å². The van der Waals surface area contributed by atoms with Gasteiger partial charge in [0.1, 0.15) is 0 Å². The van der Waals surface area contributed by atoms with Crippen LogP contribution in [0.5, 0.6) is 0 Å². The predicted octanol–water partition coefficient (Wildman–Crippen LogP) is 6.18. The zero-order valence-electron chi connectivity index (χ0n) is 25.3. The second kappa shape index (κ2) is 13.5. The molecule has 9 nitrogen and oxygen atoms in total. The van der Waals surface area contributed by atoms with E-state index in [9.17, 15) is 14.4 Å². The monoisotopic (exact) mass is 592 g/mol. The van der Waals surface area contributed by atoms with Gasteiger partial charge in [0.2, 0.25) is 11.8 Å². The van der Waals surface area contributed by atoms with Gasteiger partial charge in [-0.05, 0) is 119 Å². The summed E-state index contributed by atoms with van der Waals surface area (Å²) in [5.41, 5.74) is 5.17. The molecule has 2 saturated heterocycles. The molecule has 0 aliphatic carbocycles. The van der Waals surface area contributed by atoms with Crippen molar-refractivity contribution in [1.29, 1.82) is 0 Å². The fourth-order valence-electron chi connectivity index (χ4n) is 6.15. The lowest BCUT2D eigenvalue weighted by molar-refractivity contribution is -0.117. The van der Waals surface area contributed by atoms with Crippen LogP contribution in [0.1, 0.15) is 55.8 Å². The fourth-order valence-corrected chi connectivity index (χ4v) is 6.15. The quantitative estimate of drug-likeness (QED) is 0.141. The SMILES string of the molecule is CC(=O)c1ccc(Nc2c3ccc(NC(=O)CCN4CCCC4)cc3nc3cc(NC(=O)CCN4CCCC4)ccc23)cc1. The van der Waals surface area contributed by atoms with Crippen LogP contribution in [0, 0.1) is 0 Å². The van der Waals surface area contributed by atoms with Crippen LogP contribution in [0.15, 0.2) is 60.7 Å². The summed E-state index contributed by atoms with van der Waals surface area (Å²) in [6.07, 6.45) is 5.71. The average molecular weight is 593 g/mol. The Labute approximate surface area is 258 Å². The number of hydrogen-bond donors (Lipinski definition) is 3. The topological polar surface area (TPSA) is 107 Å². The number of carbonyl (C=O) groups excluding carboxylic acids is 3. The van der Waals surface area contributed by atoms with E-state index in [1.165, 1.54) is 25.7 Å². The first kappa shape index (κ1) is 29.7. The lowest BCUT2D eigenvalue weighted by atomic mass is 10.1. The minimum Gasteiger partial charge on any atom is -0.354 e. The average Bonchev–Trinajstić information content (AvgIpc) is 3.74. The highest BCUT2D eigenvalue weighted by Gasteiger charge is 2.16. The molecule has 0 saturated carbocycles. The summed E-state index contributed by atoms with van der Waals surface area (Å²) in [7, 11) is 0. The zero-order chi connectivity index (χ0) is 30.5. The molecule has 2 aliphatic heterocycles. The van der Waals surface area contributed by atoms with E-state index in [-0.39, 0.29) is 17.6 Å². The van der Waals surface area contributed by atoms with Gasteiger partial charge in [0.05, 0.1) is 16.7 Å². The van der Waals surface area contributed by atoms with Gasteiger partial charge in [0, 0.05) is 59.3 Å². The number of anilines is 4. The molecule has 6 rings (SSSR count). The van der Waals surface area contributed by atoms with Gasteiger partial charge in [-0.3, -0.25) is 14.4 Å². The van der Waals surface area contributed by atoms with Crippen LogP contribution in [0.25, 0.3) is 21.8 Å². The summed E-state index contributed by atoms with van der Waals surface area (Å²) >= 11 is 0. The second-order valence-corrected chi connectivity index (χ2v) is 11.9. The molecule has 9 heteroatoms. The van der Waals surface area contributed by atoms with E-state index in [1.54, 1.807) is 6.92 Å². The minimum absolute atomic E-state index is 0.0140. The third kappa shape index (κ3) is 7.23. The summed E-state index contributed by atoms with van der Waals surface area (Å²) in [4.78, 5) is 46.9. The Bertz CT molecular complexity index is 1580. The first-order valence-corrected chi connectivity index (χ1v) is 15.7. The number of amides is 2. The van der Waals surface area contributed by atoms with Crippen LogP contribution in [0.4, 0.5) is 22.7 Å². The van der Waals surface area contributed by atoms with Gasteiger partial charge < -0.3 is 25.8 Å². The number of pyridine rings is 1. The number of fused-ring (bicyclic) bond motifs is 2. The molecule has 44 heavy (non-hydrogen) atoms. The number of nitrogens with one attached hydrogen (secondary N) is 3. The number of ketones is 1. The van der Waals surface area contributed by atoms with Gasteiger partial charge in [-0.25, -0.2) is 4.98 Å². The van der Waals surface area contributed by atoms with E-state index in [0.717, 1.165) is 72.4 Å².